The van der Waals surface area contributed by atoms with E-state index in [4.69, 9.17) is 0 Å². The van der Waals surface area contributed by atoms with E-state index in [1.165, 1.54) is 71.7 Å². The molecule has 21 heteroatoms. The Balaban J connectivity index is 0.000000149. The molecule has 0 aromatic heterocycles. The zero-order valence-electron chi connectivity index (χ0n) is 61.7. The Morgan fingerprint density at radius 1 is 0.289 bits per heavy atom. The lowest BCUT2D eigenvalue weighted by atomic mass is 9.93. The topological polar surface area (TPSA) is 243 Å². The minimum absolute atomic E-state index is 0.0726. The monoisotopic (exact) mass is 1590 g/mol. The number of carbonyl (C=O) groups excluding carboxylic acids is 3. The van der Waals surface area contributed by atoms with E-state index >= 15 is 0 Å². The number of aliphatic hydroxyl groups excluding tert-OH is 3. The van der Waals surface area contributed by atoms with E-state index < -0.39 is 36.4 Å². The number of amides is 3. The number of hydrogen-bond donors (Lipinski definition) is 9. The SMILES string of the molecule is O=C1SC(CCCC(O)c2ccc(F)cc2)C(c2ccc(-c3cccc(O)c3)cc2O)N1c1ccccc1.O=C1S[C@H](CCCC(O)c2ccc(F)cc2)[C@@H](c2ccc(-c3cccc(O)c3)cc2O)N1c1ccccc1.O=C1S[C@H](CCC[C@@H](O)c2ccc(F)cc2)[C@@H](c2ccc(-c3cccc(O)c3)cc2O)N1c1ccccc1. The Kier molecular flexibility index (Phi) is 26.5. The van der Waals surface area contributed by atoms with Gasteiger partial charge in [0.05, 0.1) is 36.4 Å². The van der Waals surface area contributed by atoms with Gasteiger partial charge in [0.1, 0.15) is 51.9 Å². The zero-order valence-corrected chi connectivity index (χ0v) is 64.2. The number of benzene rings is 12. The highest BCUT2D eigenvalue weighted by atomic mass is 32.2. The number of thioether (sulfide) groups is 3. The lowest BCUT2D eigenvalue weighted by molar-refractivity contribution is 0.163. The summed E-state index contributed by atoms with van der Waals surface area (Å²) in [6.07, 6.45) is 3.07. The number of phenolic OH excluding ortho intramolecular Hbond substituents is 6. The third-order valence-electron chi connectivity index (χ3n) is 20.6. The number of anilines is 3. The number of hydrogen-bond acceptors (Lipinski definition) is 15. The van der Waals surface area contributed by atoms with E-state index in [1.54, 1.807) is 124 Å². The third kappa shape index (κ3) is 19.6. The van der Waals surface area contributed by atoms with E-state index in [0.717, 1.165) is 50.4 Å². The first-order chi connectivity index (χ1) is 55.2. The van der Waals surface area contributed by atoms with Crippen molar-refractivity contribution < 1.29 is 73.5 Å². The second kappa shape index (κ2) is 37.5. The quantitative estimate of drug-likeness (QED) is 0.0273. The van der Waals surface area contributed by atoms with Crippen LogP contribution in [0.25, 0.3) is 33.4 Å². The molecule has 3 fully saturated rings. The molecule has 0 spiro atoms. The Hall–Kier alpha value is -11.4. The van der Waals surface area contributed by atoms with Crippen molar-refractivity contribution in [2.75, 3.05) is 14.7 Å². The van der Waals surface area contributed by atoms with E-state index in [0.29, 0.717) is 91.2 Å². The number of para-hydroxylation sites is 3. The number of nitrogens with zero attached hydrogens (tertiary/aromatic N) is 3. The van der Waals surface area contributed by atoms with Gasteiger partial charge in [0.25, 0.3) is 15.7 Å². The summed E-state index contributed by atoms with van der Waals surface area (Å²) in [5.41, 5.74) is 10.7. The molecule has 0 bridgehead atoms. The van der Waals surface area contributed by atoms with Gasteiger partial charge in [-0.3, -0.25) is 29.1 Å². The van der Waals surface area contributed by atoms with Crippen LogP contribution >= 0.6 is 35.3 Å². The smallest absolute Gasteiger partial charge is 0.287 e. The van der Waals surface area contributed by atoms with Gasteiger partial charge in [-0.2, -0.15) is 0 Å². The maximum atomic E-state index is 13.3. The lowest BCUT2D eigenvalue weighted by Crippen LogP contribution is -2.29. The molecule has 15 nitrogen and oxygen atoms in total. The summed E-state index contributed by atoms with van der Waals surface area (Å²) in [5, 5.41) is 94.1. The van der Waals surface area contributed by atoms with Gasteiger partial charge >= 0.3 is 0 Å². The summed E-state index contributed by atoms with van der Waals surface area (Å²) >= 11 is 3.73. The van der Waals surface area contributed by atoms with Crippen LogP contribution in [0.2, 0.25) is 0 Å². The van der Waals surface area contributed by atoms with Gasteiger partial charge < -0.3 is 46.0 Å². The van der Waals surface area contributed by atoms with Crippen LogP contribution in [0, 0.1) is 17.5 Å². The summed E-state index contributed by atoms with van der Waals surface area (Å²) in [6.45, 7) is 0. The highest BCUT2D eigenvalue weighted by Gasteiger charge is 2.46. The Labute approximate surface area is 671 Å². The van der Waals surface area contributed by atoms with Crippen molar-refractivity contribution in [1.82, 2.24) is 0 Å². The van der Waals surface area contributed by atoms with Gasteiger partial charge in [0, 0.05) is 49.5 Å². The highest BCUT2D eigenvalue weighted by Crippen LogP contribution is 2.53. The molecule has 9 N–H and O–H groups in total. The van der Waals surface area contributed by atoms with E-state index in [9.17, 15) is 73.5 Å². The third-order valence-corrected chi connectivity index (χ3v) is 24.2. The minimum Gasteiger partial charge on any atom is -0.508 e. The molecule has 3 amide bonds. The molecule has 3 aliphatic rings. The molecule has 114 heavy (non-hydrogen) atoms. The molecule has 0 saturated carbocycles. The number of rotatable bonds is 24. The first-order valence-electron chi connectivity index (χ1n) is 37.5. The number of aliphatic hydroxyl groups is 3. The number of aromatic hydroxyl groups is 6. The Morgan fingerprint density at radius 3 is 0.772 bits per heavy atom. The fourth-order valence-electron chi connectivity index (χ4n) is 14.9. The van der Waals surface area contributed by atoms with Crippen molar-refractivity contribution in [3.8, 4) is 67.9 Å². The molecule has 3 heterocycles. The summed E-state index contributed by atoms with van der Waals surface area (Å²) < 4.78 is 39.7. The van der Waals surface area contributed by atoms with E-state index in [-0.39, 0.29) is 83.4 Å². The van der Waals surface area contributed by atoms with Gasteiger partial charge in [0.2, 0.25) is 0 Å². The van der Waals surface area contributed by atoms with E-state index in [1.807, 2.05) is 146 Å². The molecule has 12 aromatic carbocycles. The fraction of sp³-hybridized carbons (Fsp3) is 0.194. The van der Waals surface area contributed by atoms with Crippen molar-refractivity contribution in [3.63, 3.8) is 0 Å². The van der Waals surface area contributed by atoms with Gasteiger partial charge in [0.15, 0.2) is 0 Å². The predicted molar refractivity (Wildman–Crippen MR) is 447 cm³/mol. The highest BCUT2D eigenvalue weighted by molar-refractivity contribution is 8.15. The van der Waals surface area contributed by atoms with Crippen molar-refractivity contribution in [2.24, 2.45) is 0 Å². The molecule has 3 aliphatic heterocycles. The van der Waals surface area contributed by atoms with Crippen LogP contribution in [0.3, 0.4) is 0 Å². The molecular formula is C93H84F3N3O12S3. The number of halogens is 3. The summed E-state index contributed by atoms with van der Waals surface area (Å²) in [7, 11) is 0. The molecule has 15 rings (SSSR count). The molecule has 0 aliphatic carbocycles. The predicted octanol–water partition coefficient (Wildman–Crippen LogP) is 22.8. The summed E-state index contributed by atoms with van der Waals surface area (Å²) in [5.74, 6) is -0.400. The van der Waals surface area contributed by atoms with Crippen LogP contribution in [0.5, 0.6) is 34.5 Å². The van der Waals surface area contributed by atoms with Crippen molar-refractivity contribution in [3.05, 3.63) is 342 Å². The molecule has 0 radical (unpaired) electrons. The fourth-order valence-corrected chi connectivity index (χ4v) is 18.7. The van der Waals surface area contributed by atoms with Gasteiger partial charge in [-0.15, -0.1) is 0 Å². The van der Waals surface area contributed by atoms with Crippen LogP contribution in [0.15, 0.2) is 291 Å². The van der Waals surface area contributed by atoms with Gasteiger partial charge in [-0.05, 0) is 235 Å². The average molecular weight is 1590 g/mol. The summed E-state index contributed by atoms with van der Waals surface area (Å²) in [4.78, 5) is 44.9. The lowest BCUT2D eigenvalue weighted by Gasteiger charge is -2.28. The second-order valence-corrected chi connectivity index (χ2v) is 31.8. The van der Waals surface area contributed by atoms with Crippen molar-refractivity contribution >= 4 is 68.1 Å². The second-order valence-electron chi connectivity index (χ2n) is 28.2. The van der Waals surface area contributed by atoms with Crippen molar-refractivity contribution in [2.45, 2.75) is 110 Å². The molecule has 12 aromatic rings. The standard InChI is InChI=1S/3C31H28FNO4S/c3*32-23-15-12-20(13-16-23)27(35)10-5-11-29-30(33(31(37)38-29)24-7-2-1-3-8-24)26-17-14-22(19-28(26)36)21-6-4-9-25(34)18-21/h3*1-4,6-9,12-19,27,29-30,34-36H,5,10-11H2/t27?,29-,30-;27-,29-,30-;/m11./s1. The average Bonchev–Trinajstić information content (AvgIpc) is 1.62. The van der Waals surface area contributed by atoms with E-state index in [2.05, 4.69) is 0 Å². The van der Waals surface area contributed by atoms with Crippen LogP contribution in [-0.2, 0) is 0 Å². The van der Waals surface area contributed by atoms with Crippen LogP contribution < -0.4 is 14.7 Å². The van der Waals surface area contributed by atoms with Gasteiger partial charge in [-0.1, -0.05) is 199 Å². The maximum absolute atomic E-state index is 13.3. The first-order valence-corrected chi connectivity index (χ1v) is 40.2. The maximum Gasteiger partial charge on any atom is 0.287 e. The molecule has 582 valence electrons. The van der Waals surface area contributed by atoms with Crippen LogP contribution in [-0.4, -0.2) is 77.4 Å². The number of carbonyl (C=O) groups is 3. The minimum atomic E-state index is -0.726. The van der Waals surface area contributed by atoms with Crippen LogP contribution in [0.1, 0.15) is 128 Å². The summed E-state index contributed by atoms with van der Waals surface area (Å²) in [6, 6.07) is 81.1. The first kappa shape index (κ1) is 80.6. The molecular weight excluding hydrogens is 1500 g/mol. The largest absolute Gasteiger partial charge is 0.508 e. The molecule has 3 saturated heterocycles. The van der Waals surface area contributed by atoms with Crippen LogP contribution in [0.4, 0.5) is 44.6 Å². The van der Waals surface area contributed by atoms with Crippen molar-refractivity contribution in [1.29, 1.82) is 0 Å². The zero-order chi connectivity index (χ0) is 79.9. The molecule has 9 atom stereocenters. The van der Waals surface area contributed by atoms with Gasteiger partial charge in [-0.25, -0.2) is 13.2 Å². The number of phenols is 6. The Bertz CT molecular complexity index is 4760. The molecule has 4 unspecified atom stereocenters. The normalized spacial score (nSPS) is 18.1. The Morgan fingerprint density at radius 2 is 0.535 bits per heavy atom.